The van der Waals surface area contributed by atoms with E-state index in [4.69, 9.17) is 4.74 Å². The molecule has 0 heterocycles. The number of amides is 1. The molecule has 2 aromatic carbocycles. The van der Waals surface area contributed by atoms with Crippen LogP contribution < -0.4 is 15.4 Å². The number of ether oxygens (including phenoxy) is 1. The number of nitrogens with one attached hydrogen (secondary N) is 2. The lowest BCUT2D eigenvalue weighted by atomic mass is 10.1. The molecule has 0 aliphatic rings. The molecule has 0 bridgehead atoms. The molecule has 0 aliphatic heterocycles. The molecular weight excluding hydrogens is 356 g/mol. The Labute approximate surface area is 145 Å². The minimum atomic E-state index is 0.0538. The lowest BCUT2D eigenvalue weighted by molar-refractivity contribution is -0.120. The van der Waals surface area contributed by atoms with Gasteiger partial charge in [0, 0.05) is 29.7 Å². The monoisotopic (exact) mass is 376 g/mol. The van der Waals surface area contributed by atoms with Crippen molar-refractivity contribution in [2.75, 3.05) is 25.5 Å². The Bertz CT molecular complexity index is 629. The van der Waals surface area contributed by atoms with Gasteiger partial charge < -0.3 is 15.4 Å². The minimum absolute atomic E-state index is 0.0538. The summed E-state index contributed by atoms with van der Waals surface area (Å²) in [5, 5.41) is 6.18. The van der Waals surface area contributed by atoms with Crippen molar-refractivity contribution >= 4 is 27.5 Å². The smallest absolute Gasteiger partial charge is 0.221 e. The van der Waals surface area contributed by atoms with E-state index in [1.165, 1.54) is 5.56 Å². The van der Waals surface area contributed by atoms with E-state index in [0.29, 0.717) is 19.5 Å². The molecule has 2 N–H and O–H groups in total. The van der Waals surface area contributed by atoms with Gasteiger partial charge >= 0.3 is 0 Å². The van der Waals surface area contributed by atoms with Crippen molar-refractivity contribution in [1.29, 1.82) is 0 Å². The molecule has 4 nitrogen and oxygen atoms in total. The van der Waals surface area contributed by atoms with Gasteiger partial charge in [0.15, 0.2) is 0 Å². The van der Waals surface area contributed by atoms with Gasteiger partial charge in [-0.1, -0.05) is 24.3 Å². The van der Waals surface area contributed by atoms with Gasteiger partial charge in [0.05, 0.1) is 7.11 Å². The number of rotatable bonds is 8. The van der Waals surface area contributed by atoms with Gasteiger partial charge in [-0.25, -0.2) is 0 Å². The lowest BCUT2D eigenvalue weighted by Crippen LogP contribution is -2.27. The summed E-state index contributed by atoms with van der Waals surface area (Å²) in [4.78, 5) is 11.8. The Morgan fingerprint density at radius 1 is 1.09 bits per heavy atom. The number of para-hydroxylation sites is 1. The van der Waals surface area contributed by atoms with Crippen LogP contribution in [-0.4, -0.2) is 26.1 Å². The maximum absolute atomic E-state index is 11.8. The average molecular weight is 377 g/mol. The molecule has 1 amide bonds. The van der Waals surface area contributed by atoms with E-state index in [-0.39, 0.29) is 5.91 Å². The highest BCUT2D eigenvalue weighted by molar-refractivity contribution is 9.10. The summed E-state index contributed by atoms with van der Waals surface area (Å²) >= 11 is 3.47. The number of methoxy groups -OCH3 is 1. The van der Waals surface area contributed by atoms with E-state index in [1.54, 1.807) is 7.11 Å². The Kier molecular flexibility index (Phi) is 6.94. The van der Waals surface area contributed by atoms with Crippen LogP contribution in [0.3, 0.4) is 0 Å². The van der Waals surface area contributed by atoms with Crippen molar-refractivity contribution in [3.8, 4) is 5.75 Å². The quantitative estimate of drug-likeness (QED) is 0.739. The fourth-order valence-corrected chi connectivity index (χ4v) is 2.57. The Morgan fingerprint density at radius 2 is 1.83 bits per heavy atom. The Balaban J connectivity index is 1.64. The molecule has 122 valence electrons. The van der Waals surface area contributed by atoms with Crippen molar-refractivity contribution in [2.45, 2.75) is 12.8 Å². The van der Waals surface area contributed by atoms with Crippen LogP contribution in [0.4, 0.5) is 5.69 Å². The molecule has 23 heavy (non-hydrogen) atoms. The SMILES string of the molecule is COc1ccc(CCNC(=O)CCNc2ccccc2Br)cc1. The van der Waals surface area contributed by atoms with E-state index in [2.05, 4.69) is 26.6 Å². The number of benzene rings is 2. The predicted octanol–water partition coefficient (Wildman–Crippen LogP) is 3.62. The summed E-state index contributed by atoms with van der Waals surface area (Å²) in [6.45, 7) is 1.25. The highest BCUT2D eigenvalue weighted by Crippen LogP contribution is 2.20. The van der Waals surface area contributed by atoms with Gasteiger partial charge in [0.2, 0.25) is 5.91 Å². The van der Waals surface area contributed by atoms with E-state index < -0.39 is 0 Å². The number of hydrogen-bond acceptors (Lipinski definition) is 3. The normalized spacial score (nSPS) is 10.2. The second kappa shape index (κ2) is 9.20. The zero-order valence-electron chi connectivity index (χ0n) is 13.1. The molecule has 0 atom stereocenters. The van der Waals surface area contributed by atoms with Crippen LogP contribution >= 0.6 is 15.9 Å². The third-order valence-corrected chi connectivity index (χ3v) is 4.13. The fourth-order valence-electron chi connectivity index (χ4n) is 2.14. The third kappa shape index (κ3) is 5.94. The first kappa shape index (κ1) is 17.3. The van der Waals surface area contributed by atoms with E-state index in [1.807, 2.05) is 48.5 Å². The second-order valence-electron chi connectivity index (χ2n) is 5.10. The first-order valence-corrected chi connectivity index (χ1v) is 8.36. The number of halogens is 1. The number of carbonyl (C=O) groups excluding carboxylic acids is 1. The minimum Gasteiger partial charge on any atom is -0.497 e. The Hall–Kier alpha value is -2.01. The van der Waals surface area contributed by atoms with Gasteiger partial charge in [-0.05, 0) is 52.2 Å². The molecule has 2 aromatic rings. The zero-order chi connectivity index (χ0) is 16.5. The van der Waals surface area contributed by atoms with Crippen molar-refractivity contribution in [3.63, 3.8) is 0 Å². The number of anilines is 1. The van der Waals surface area contributed by atoms with Crippen molar-refractivity contribution < 1.29 is 9.53 Å². The largest absolute Gasteiger partial charge is 0.497 e. The molecule has 0 unspecified atom stereocenters. The lowest BCUT2D eigenvalue weighted by Gasteiger charge is -2.09. The molecule has 0 saturated carbocycles. The van der Waals surface area contributed by atoms with Gasteiger partial charge in [-0.2, -0.15) is 0 Å². The van der Waals surface area contributed by atoms with Gasteiger partial charge in [-0.3, -0.25) is 4.79 Å². The maximum atomic E-state index is 11.8. The van der Waals surface area contributed by atoms with Crippen molar-refractivity contribution in [3.05, 3.63) is 58.6 Å². The van der Waals surface area contributed by atoms with E-state index in [0.717, 1.165) is 22.3 Å². The van der Waals surface area contributed by atoms with E-state index >= 15 is 0 Å². The van der Waals surface area contributed by atoms with Crippen molar-refractivity contribution in [1.82, 2.24) is 5.32 Å². The van der Waals surface area contributed by atoms with Crippen LogP contribution in [0, 0.1) is 0 Å². The zero-order valence-corrected chi connectivity index (χ0v) is 14.7. The van der Waals surface area contributed by atoms with Crippen LogP contribution in [0.5, 0.6) is 5.75 Å². The topological polar surface area (TPSA) is 50.4 Å². The number of carbonyl (C=O) groups is 1. The molecule has 0 radical (unpaired) electrons. The van der Waals surface area contributed by atoms with Gasteiger partial charge in [0.25, 0.3) is 0 Å². The highest BCUT2D eigenvalue weighted by Gasteiger charge is 2.02. The number of hydrogen-bond donors (Lipinski definition) is 2. The van der Waals surface area contributed by atoms with Crippen LogP contribution in [-0.2, 0) is 11.2 Å². The van der Waals surface area contributed by atoms with Crippen LogP contribution in [0.15, 0.2) is 53.0 Å². The first-order valence-electron chi connectivity index (χ1n) is 7.57. The average Bonchev–Trinajstić information content (AvgIpc) is 2.57. The maximum Gasteiger partial charge on any atom is 0.221 e. The second-order valence-corrected chi connectivity index (χ2v) is 5.96. The molecule has 0 spiro atoms. The summed E-state index contributed by atoms with van der Waals surface area (Å²) in [5.74, 6) is 0.897. The highest BCUT2D eigenvalue weighted by atomic mass is 79.9. The molecule has 5 heteroatoms. The summed E-state index contributed by atoms with van der Waals surface area (Å²) in [7, 11) is 1.65. The third-order valence-electron chi connectivity index (χ3n) is 3.44. The van der Waals surface area contributed by atoms with E-state index in [9.17, 15) is 4.79 Å². The molecule has 0 fully saturated rings. The summed E-state index contributed by atoms with van der Waals surface area (Å²) in [6, 6.07) is 15.8. The Morgan fingerprint density at radius 3 is 2.52 bits per heavy atom. The summed E-state index contributed by atoms with van der Waals surface area (Å²) < 4.78 is 6.12. The molecule has 2 rings (SSSR count). The summed E-state index contributed by atoms with van der Waals surface area (Å²) in [6.07, 6.45) is 1.26. The van der Waals surface area contributed by atoms with Gasteiger partial charge in [0.1, 0.15) is 5.75 Å². The molecule has 0 aliphatic carbocycles. The van der Waals surface area contributed by atoms with Crippen LogP contribution in [0.25, 0.3) is 0 Å². The van der Waals surface area contributed by atoms with Gasteiger partial charge in [-0.15, -0.1) is 0 Å². The first-order chi connectivity index (χ1) is 11.2. The van der Waals surface area contributed by atoms with Crippen LogP contribution in [0.2, 0.25) is 0 Å². The standard InChI is InChI=1S/C18H21BrN2O2/c1-23-15-8-6-14(7-9-15)10-12-21-18(22)11-13-20-17-5-3-2-4-16(17)19/h2-9,20H,10-13H2,1H3,(H,21,22). The predicted molar refractivity (Wildman–Crippen MR) is 97.0 cm³/mol. The molecule has 0 aromatic heterocycles. The summed E-state index contributed by atoms with van der Waals surface area (Å²) in [5.41, 5.74) is 2.18. The molecule has 0 saturated heterocycles. The molecular formula is C18H21BrN2O2. The fraction of sp³-hybridized carbons (Fsp3) is 0.278. The van der Waals surface area contributed by atoms with Crippen LogP contribution in [0.1, 0.15) is 12.0 Å². The van der Waals surface area contributed by atoms with Crippen molar-refractivity contribution in [2.24, 2.45) is 0 Å².